The van der Waals surface area contributed by atoms with E-state index < -0.39 is 0 Å². The fourth-order valence-electron chi connectivity index (χ4n) is 2.80. The summed E-state index contributed by atoms with van der Waals surface area (Å²) < 4.78 is 10.1. The van der Waals surface area contributed by atoms with Gasteiger partial charge < -0.3 is 14.2 Å². The van der Waals surface area contributed by atoms with E-state index in [4.69, 9.17) is 9.26 Å². The Morgan fingerprint density at radius 3 is 2.95 bits per heavy atom. The zero-order chi connectivity index (χ0) is 15.4. The third-order valence-electron chi connectivity index (χ3n) is 3.77. The quantitative estimate of drug-likeness (QED) is 0.814. The Kier molecular flexibility index (Phi) is 4.48. The molecule has 1 fully saturated rings. The third-order valence-corrected chi connectivity index (χ3v) is 3.77. The second-order valence-electron chi connectivity index (χ2n) is 5.57. The maximum atomic E-state index is 12.1. The third kappa shape index (κ3) is 3.51. The average Bonchev–Trinajstić information content (AvgIpc) is 3.08. The van der Waals surface area contributed by atoms with E-state index in [1.165, 1.54) is 5.56 Å². The van der Waals surface area contributed by atoms with E-state index in [0.29, 0.717) is 37.2 Å². The number of likely N-dealkylation sites (tertiary alicyclic amines) is 1. The van der Waals surface area contributed by atoms with Crippen LogP contribution in [0.5, 0.6) is 0 Å². The maximum absolute atomic E-state index is 12.1. The number of hydrogen-bond donors (Lipinski definition) is 0. The van der Waals surface area contributed by atoms with Gasteiger partial charge in [-0.25, -0.2) is 0 Å². The summed E-state index contributed by atoms with van der Waals surface area (Å²) in [5.74, 6) is 1.45. The van der Waals surface area contributed by atoms with Crippen LogP contribution in [0.25, 0.3) is 0 Å². The number of carbonyl (C=O) groups excluding carboxylic acids is 1. The summed E-state index contributed by atoms with van der Waals surface area (Å²) in [6.45, 7) is 1.42. The molecule has 0 spiro atoms. The van der Waals surface area contributed by atoms with Gasteiger partial charge in [-0.15, -0.1) is 0 Å². The molecule has 0 radical (unpaired) electrons. The zero-order valence-corrected chi connectivity index (χ0v) is 12.6. The molecule has 6 heteroatoms. The molecule has 0 aliphatic carbocycles. The van der Waals surface area contributed by atoms with Crippen molar-refractivity contribution in [1.29, 1.82) is 0 Å². The van der Waals surface area contributed by atoms with Crippen LogP contribution in [0.4, 0.5) is 0 Å². The smallest absolute Gasteiger partial charge is 0.246 e. The first-order valence-electron chi connectivity index (χ1n) is 7.36. The summed E-state index contributed by atoms with van der Waals surface area (Å²) in [4.78, 5) is 18.1. The van der Waals surface area contributed by atoms with Gasteiger partial charge in [0.2, 0.25) is 11.8 Å². The summed E-state index contributed by atoms with van der Waals surface area (Å²) in [7, 11) is 1.58. The number of rotatable bonds is 6. The molecule has 1 aromatic heterocycles. The van der Waals surface area contributed by atoms with Gasteiger partial charge in [0.1, 0.15) is 6.61 Å². The lowest BCUT2D eigenvalue weighted by Gasteiger charge is -2.14. The van der Waals surface area contributed by atoms with Crippen LogP contribution in [0, 0.1) is 5.92 Å². The number of amides is 1. The van der Waals surface area contributed by atoms with E-state index in [9.17, 15) is 4.79 Å². The van der Waals surface area contributed by atoms with Crippen LogP contribution >= 0.6 is 0 Å². The van der Waals surface area contributed by atoms with Gasteiger partial charge in [-0.1, -0.05) is 35.5 Å². The van der Waals surface area contributed by atoms with Gasteiger partial charge in [0.15, 0.2) is 5.82 Å². The summed E-state index contributed by atoms with van der Waals surface area (Å²) in [5.41, 5.74) is 1.27. The minimum absolute atomic E-state index is 0.146. The molecule has 1 aliphatic rings. The molecule has 0 N–H and O–H groups in total. The molecule has 6 nitrogen and oxygen atoms in total. The van der Waals surface area contributed by atoms with E-state index in [2.05, 4.69) is 22.3 Å². The molecule has 2 aromatic rings. The zero-order valence-electron chi connectivity index (χ0n) is 12.6. The molecule has 22 heavy (non-hydrogen) atoms. The van der Waals surface area contributed by atoms with Crippen molar-refractivity contribution in [2.45, 2.75) is 26.0 Å². The van der Waals surface area contributed by atoms with Crippen molar-refractivity contribution >= 4 is 5.91 Å². The van der Waals surface area contributed by atoms with Crippen molar-refractivity contribution in [2.24, 2.45) is 5.92 Å². The number of carbonyl (C=O) groups is 1. The molecule has 1 aromatic carbocycles. The molecular formula is C16H19N3O3. The van der Waals surface area contributed by atoms with Gasteiger partial charge in [0.25, 0.3) is 0 Å². The Bertz CT molecular complexity index is 627. The number of nitrogens with zero attached hydrogens (tertiary/aromatic N) is 3. The van der Waals surface area contributed by atoms with Crippen LogP contribution in [-0.2, 0) is 29.1 Å². The molecular weight excluding hydrogens is 282 g/mol. The van der Waals surface area contributed by atoms with E-state index in [1.54, 1.807) is 12.0 Å². The second kappa shape index (κ2) is 6.70. The highest BCUT2D eigenvalue weighted by Gasteiger charge is 2.30. The van der Waals surface area contributed by atoms with Crippen LogP contribution in [0.2, 0.25) is 0 Å². The first kappa shape index (κ1) is 14.7. The highest BCUT2D eigenvalue weighted by Crippen LogP contribution is 2.23. The first-order chi connectivity index (χ1) is 10.7. The normalized spacial score (nSPS) is 18.1. The lowest BCUT2D eigenvalue weighted by molar-refractivity contribution is -0.128. The number of aromatic nitrogens is 2. The number of ether oxygens (including phenoxy) is 1. The Balaban J connectivity index is 1.57. The van der Waals surface area contributed by atoms with Crippen LogP contribution in [0.1, 0.15) is 23.7 Å². The van der Waals surface area contributed by atoms with Crippen molar-refractivity contribution in [3.05, 3.63) is 47.6 Å². The van der Waals surface area contributed by atoms with E-state index >= 15 is 0 Å². The van der Waals surface area contributed by atoms with Crippen LogP contribution in [-0.4, -0.2) is 34.6 Å². The van der Waals surface area contributed by atoms with Crippen LogP contribution < -0.4 is 0 Å². The standard InChI is InChI=1S/C16H19N3O3/c1-21-11-14-17-15(22-18-14)10-19-9-13(8-16(19)20)7-12-5-3-2-4-6-12/h2-6,13H,7-11H2,1H3/t13-/m0/s1. The van der Waals surface area contributed by atoms with Crippen molar-refractivity contribution in [3.8, 4) is 0 Å². The van der Waals surface area contributed by atoms with Crippen LogP contribution in [0.15, 0.2) is 34.9 Å². The van der Waals surface area contributed by atoms with Crippen molar-refractivity contribution in [1.82, 2.24) is 15.0 Å². The number of benzene rings is 1. The van der Waals surface area contributed by atoms with Gasteiger partial charge in [-0.3, -0.25) is 4.79 Å². The largest absolute Gasteiger partial charge is 0.377 e. The molecule has 116 valence electrons. The minimum atomic E-state index is 0.146. The Morgan fingerprint density at radius 1 is 1.36 bits per heavy atom. The molecule has 0 unspecified atom stereocenters. The second-order valence-corrected chi connectivity index (χ2v) is 5.57. The summed E-state index contributed by atoms with van der Waals surface area (Å²) in [5, 5.41) is 3.81. The van der Waals surface area contributed by atoms with Crippen molar-refractivity contribution < 1.29 is 14.1 Å². The van der Waals surface area contributed by atoms with Gasteiger partial charge in [-0.2, -0.15) is 4.98 Å². The molecule has 0 saturated carbocycles. The van der Waals surface area contributed by atoms with E-state index in [-0.39, 0.29) is 5.91 Å². The summed E-state index contributed by atoms with van der Waals surface area (Å²) in [6.07, 6.45) is 1.50. The molecule has 1 aliphatic heterocycles. The van der Waals surface area contributed by atoms with E-state index in [0.717, 1.165) is 13.0 Å². The molecule has 2 heterocycles. The summed E-state index contributed by atoms with van der Waals surface area (Å²) in [6, 6.07) is 10.3. The maximum Gasteiger partial charge on any atom is 0.246 e. The fraction of sp³-hybridized carbons (Fsp3) is 0.438. The first-order valence-corrected chi connectivity index (χ1v) is 7.36. The highest BCUT2D eigenvalue weighted by molar-refractivity contribution is 5.78. The predicted molar refractivity (Wildman–Crippen MR) is 78.7 cm³/mol. The van der Waals surface area contributed by atoms with Crippen molar-refractivity contribution in [2.75, 3.05) is 13.7 Å². The van der Waals surface area contributed by atoms with Gasteiger partial charge >= 0.3 is 0 Å². The number of methoxy groups -OCH3 is 1. The predicted octanol–water partition coefficient (Wildman–Crippen LogP) is 1.81. The van der Waals surface area contributed by atoms with Gasteiger partial charge in [0.05, 0.1) is 6.54 Å². The van der Waals surface area contributed by atoms with Gasteiger partial charge in [0, 0.05) is 20.1 Å². The lowest BCUT2D eigenvalue weighted by Crippen LogP contribution is -2.25. The van der Waals surface area contributed by atoms with Crippen LogP contribution in [0.3, 0.4) is 0 Å². The molecule has 1 amide bonds. The van der Waals surface area contributed by atoms with E-state index in [1.807, 2.05) is 18.2 Å². The fourth-order valence-corrected chi connectivity index (χ4v) is 2.80. The SMILES string of the molecule is COCc1noc(CN2C[C@@H](Cc3ccccc3)CC2=O)n1. The monoisotopic (exact) mass is 301 g/mol. The number of hydrogen-bond acceptors (Lipinski definition) is 5. The Morgan fingerprint density at radius 2 is 2.18 bits per heavy atom. The topological polar surface area (TPSA) is 68.5 Å². The molecule has 0 bridgehead atoms. The lowest BCUT2D eigenvalue weighted by atomic mass is 9.99. The molecule has 1 saturated heterocycles. The average molecular weight is 301 g/mol. The molecule has 3 rings (SSSR count). The van der Waals surface area contributed by atoms with Crippen molar-refractivity contribution in [3.63, 3.8) is 0 Å². The minimum Gasteiger partial charge on any atom is -0.377 e. The summed E-state index contributed by atoms with van der Waals surface area (Å²) >= 11 is 0. The Hall–Kier alpha value is -2.21. The van der Waals surface area contributed by atoms with Gasteiger partial charge in [-0.05, 0) is 17.9 Å². The Labute approximate surface area is 129 Å². The molecule has 1 atom stereocenters. The highest BCUT2D eigenvalue weighted by atomic mass is 16.5.